The molecule has 0 heterocycles. The van der Waals surface area contributed by atoms with Gasteiger partial charge in [-0.25, -0.2) is 8.42 Å². The summed E-state index contributed by atoms with van der Waals surface area (Å²) in [4.78, 5) is -0.617. The SMILES string of the molecule is CC(C)S/C(Nc1cccc(C(F)(F)F)c1)=C(/C#N)S(=O)(=O)c1ccccc1. The van der Waals surface area contributed by atoms with Crippen molar-refractivity contribution in [2.45, 2.75) is 30.2 Å². The van der Waals surface area contributed by atoms with Crippen molar-refractivity contribution in [2.75, 3.05) is 5.32 Å². The van der Waals surface area contributed by atoms with Crippen molar-refractivity contribution in [3.05, 3.63) is 70.1 Å². The number of halogens is 3. The summed E-state index contributed by atoms with van der Waals surface area (Å²) in [5.41, 5.74) is -0.843. The van der Waals surface area contributed by atoms with Crippen molar-refractivity contribution in [1.29, 1.82) is 5.26 Å². The average Bonchev–Trinajstić information content (AvgIpc) is 2.62. The number of hydrogen-bond acceptors (Lipinski definition) is 5. The summed E-state index contributed by atoms with van der Waals surface area (Å²) in [5, 5.41) is 12.1. The van der Waals surface area contributed by atoms with Gasteiger partial charge >= 0.3 is 6.18 Å². The molecule has 0 aliphatic heterocycles. The fraction of sp³-hybridized carbons (Fsp3) is 0.211. The zero-order valence-electron chi connectivity index (χ0n) is 15.0. The smallest absolute Gasteiger partial charge is 0.349 e. The molecule has 2 rings (SSSR count). The molecule has 0 radical (unpaired) electrons. The second kappa shape index (κ2) is 8.71. The number of rotatable bonds is 6. The summed E-state index contributed by atoms with van der Waals surface area (Å²) in [6.07, 6.45) is -4.54. The van der Waals surface area contributed by atoms with E-state index in [-0.39, 0.29) is 20.9 Å². The molecule has 4 nitrogen and oxygen atoms in total. The Balaban J connectivity index is 2.57. The number of hydrogen-bond donors (Lipinski definition) is 1. The van der Waals surface area contributed by atoms with Gasteiger partial charge in [-0.05, 0) is 30.3 Å². The molecule has 1 N–H and O–H groups in total. The maximum atomic E-state index is 13.0. The fourth-order valence-corrected chi connectivity index (χ4v) is 4.67. The molecule has 0 aromatic heterocycles. The molecule has 9 heteroatoms. The molecule has 28 heavy (non-hydrogen) atoms. The minimum Gasteiger partial charge on any atom is -0.349 e. The van der Waals surface area contributed by atoms with Gasteiger partial charge in [-0.15, -0.1) is 11.8 Å². The quantitative estimate of drug-likeness (QED) is 0.624. The molecular formula is C19H17F3N2O2S2. The molecule has 0 fully saturated rings. The van der Waals surface area contributed by atoms with Gasteiger partial charge in [0.2, 0.25) is 9.84 Å². The van der Waals surface area contributed by atoms with E-state index in [1.165, 1.54) is 36.4 Å². The highest BCUT2D eigenvalue weighted by Gasteiger charge is 2.31. The third kappa shape index (κ3) is 5.30. The summed E-state index contributed by atoms with van der Waals surface area (Å²) in [5.74, 6) is 0. The predicted molar refractivity (Wildman–Crippen MR) is 104 cm³/mol. The number of allylic oxidation sites excluding steroid dienone is 1. The average molecular weight is 426 g/mol. The normalized spacial score (nSPS) is 13.0. The predicted octanol–water partition coefficient (Wildman–Crippen LogP) is 5.43. The first-order valence-electron chi connectivity index (χ1n) is 8.11. The van der Waals surface area contributed by atoms with E-state index in [9.17, 15) is 26.9 Å². The van der Waals surface area contributed by atoms with Crippen molar-refractivity contribution in [3.8, 4) is 6.07 Å². The van der Waals surface area contributed by atoms with Crippen molar-refractivity contribution < 1.29 is 21.6 Å². The lowest BCUT2D eigenvalue weighted by molar-refractivity contribution is -0.137. The molecule has 2 aromatic carbocycles. The molecule has 0 saturated heterocycles. The van der Waals surface area contributed by atoms with Gasteiger partial charge in [-0.1, -0.05) is 38.1 Å². The van der Waals surface area contributed by atoms with E-state index in [4.69, 9.17) is 0 Å². The number of nitrogens with zero attached hydrogens (tertiary/aromatic N) is 1. The third-order valence-corrected chi connectivity index (χ3v) is 6.30. The molecule has 0 saturated carbocycles. The Bertz CT molecular complexity index is 1010. The summed E-state index contributed by atoms with van der Waals surface area (Å²) in [7, 11) is -4.14. The van der Waals surface area contributed by atoms with Gasteiger partial charge in [0.15, 0.2) is 4.91 Å². The van der Waals surface area contributed by atoms with Crippen LogP contribution in [0.5, 0.6) is 0 Å². The minimum atomic E-state index is -4.54. The molecule has 0 spiro atoms. The Morgan fingerprint density at radius 2 is 1.75 bits per heavy atom. The second-order valence-corrected chi connectivity index (χ2v) is 9.43. The fourth-order valence-electron chi connectivity index (χ4n) is 2.23. The highest BCUT2D eigenvalue weighted by Crippen LogP contribution is 2.34. The maximum Gasteiger partial charge on any atom is 0.416 e. The van der Waals surface area contributed by atoms with Crippen LogP contribution in [0, 0.1) is 11.3 Å². The van der Waals surface area contributed by atoms with Crippen LogP contribution in [-0.4, -0.2) is 13.7 Å². The van der Waals surface area contributed by atoms with Crippen molar-refractivity contribution in [2.24, 2.45) is 0 Å². The molecule has 0 atom stereocenters. The molecular weight excluding hydrogens is 409 g/mol. The van der Waals surface area contributed by atoms with Crippen LogP contribution in [0.2, 0.25) is 0 Å². The lowest BCUT2D eigenvalue weighted by Gasteiger charge is -2.16. The summed E-state index contributed by atoms with van der Waals surface area (Å²) < 4.78 is 64.7. The molecule has 0 bridgehead atoms. The van der Waals surface area contributed by atoms with Gasteiger partial charge in [-0.3, -0.25) is 0 Å². The third-order valence-electron chi connectivity index (χ3n) is 3.43. The van der Waals surface area contributed by atoms with Gasteiger partial charge in [-0.2, -0.15) is 18.4 Å². The van der Waals surface area contributed by atoms with E-state index in [0.717, 1.165) is 23.9 Å². The van der Waals surface area contributed by atoms with Crippen LogP contribution < -0.4 is 5.32 Å². The maximum absolute atomic E-state index is 13.0. The van der Waals surface area contributed by atoms with E-state index in [2.05, 4.69) is 5.32 Å². The summed E-state index contributed by atoms with van der Waals surface area (Å²) in [6, 6.07) is 13.5. The number of benzene rings is 2. The molecule has 2 aromatic rings. The first-order chi connectivity index (χ1) is 13.1. The Morgan fingerprint density at radius 1 is 1.11 bits per heavy atom. The number of nitriles is 1. The number of thioether (sulfide) groups is 1. The van der Waals surface area contributed by atoms with E-state index >= 15 is 0 Å². The Hall–Kier alpha value is -2.44. The highest BCUT2D eigenvalue weighted by molar-refractivity contribution is 8.05. The van der Waals surface area contributed by atoms with Gasteiger partial charge in [0, 0.05) is 10.9 Å². The molecule has 0 unspecified atom stereocenters. The van der Waals surface area contributed by atoms with Crippen LogP contribution in [-0.2, 0) is 16.0 Å². The minimum absolute atomic E-state index is 0.0272. The van der Waals surface area contributed by atoms with Crippen LogP contribution in [0.4, 0.5) is 18.9 Å². The van der Waals surface area contributed by atoms with E-state index in [0.29, 0.717) is 0 Å². The van der Waals surface area contributed by atoms with Gasteiger partial charge in [0.05, 0.1) is 10.5 Å². The van der Waals surface area contributed by atoms with Gasteiger partial charge in [0.1, 0.15) is 11.1 Å². The van der Waals surface area contributed by atoms with Crippen molar-refractivity contribution in [3.63, 3.8) is 0 Å². The monoisotopic (exact) mass is 426 g/mol. The molecule has 0 aliphatic rings. The van der Waals surface area contributed by atoms with Crippen molar-refractivity contribution in [1.82, 2.24) is 0 Å². The molecule has 0 aliphatic carbocycles. The van der Waals surface area contributed by atoms with E-state index < -0.39 is 26.5 Å². The van der Waals surface area contributed by atoms with Crippen LogP contribution in [0.25, 0.3) is 0 Å². The Kier molecular flexibility index (Phi) is 6.80. The van der Waals surface area contributed by atoms with Gasteiger partial charge < -0.3 is 5.32 Å². The Labute approximate surface area is 166 Å². The lowest BCUT2D eigenvalue weighted by atomic mass is 10.2. The van der Waals surface area contributed by atoms with Crippen LogP contribution in [0.15, 0.2) is 69.4 Å². The first-order valence-corrected chi connectivity index (χ1v) is 10.5. The zero-order chi connectivity index (χ0) is 20.9. The number of anilines is 1. The standard InChI is InChI=1S/C19H17F3N2O2S2/c1-13(2)27-18(24-15-8-6-7-14(11-15)19(20,21)22)17(12-23)28(25,26)16-9-4-3-5-10-16/h3-11,13,24H,1-2H3/b18-17-. The number of alkyl halides is 3. The Morgan fingerprint density at radius 3 is 2.29 bits per heavy atom. The highest BCUT2D eigenvalue weighted by atomic mass is 32.2. The van der Waals surface area contributed by atoms with Crippen LogP contribution in [0.3, 0.4) is 0 Å². The molecule has 0 amide bonds. The lowest BCUT2D eigenvalue weighted by Crippen LogP contribution is -2.12. The number of nitrogens with one attached hydrogen (secondary N) is 1. The van der Waals surface area contributed by atoms with Crippen LogP contribution >= 0.6 is 11.8 Å². The van der Waals surface area contributed by atoms with Gasteiger partial charge in [0.25, 0.3) is 0 Å². The van der Waals surface area contributed by atoms with E-state index in [1.807, 2.05) is 0 Å². The largest absolute Gasteiger partial charge is 0.416 e. The summed E-state index contributed by atoms with van der Waals surface area (Å²) >= 11 is 1.05. The van der Waals surface area contributed by atoms with E-state index in [1.54, 1.807) is 26.0 Å². The second-order valence-electron chi connectivity index (χ2n) is 5.96. The van der Waals surface area contributed by atoms with Crippen LogP contribution in [0.1, 0.15) is 19.4 Å². The number of sulfone groups is 1. The summed E-state index contributed by atoms with van der Waals surface area (Å²) in [6.45, 7) is 3.56. The molecule has 148 valence electrons. The van der Waals surface area contributed by atoms with Crippen molar-refractivity contribution >= 4 is 27.3 Å². The topological polar surface area (TPSA) is 70.0 Å². The first kappa shape index (κ1) is 21.9. The zero-order valence-corrected chi connectivity index (χ0v) is 16.6.